The Labute approximate surface area is 84.8 Å². The molecule has 0 fully saturated rings. The van der Waals surface area contributed by atoms with E-state index in [2.05, 4.69) is 10.2 Å². The van der Waals surface area contributed by atoms with Gasteiger partial charge in [0.2, 0.25) is 0 Å². The van der Waals surface area contributed by atoms with Gasteiger partial charge in [-0.2, -0.15) is 8.78 Å². The van der Waals surface area contributed by atoms with Crippen LogP contribution in [0.2, 0.25) is 0 Å². The first-order chi connectivity index (χ1) is 6.67. The van der Waals surface area contributed by atoms with Crippen molar-refractivity contribution >= 4 is 17.3 Å². The third-order valence-corrected chi connectivity index (χ3v) is 1.89. The summed E-state index contributed by atoms with van der Waals surface area (Å²) in [5.74, 6) is 5.46. The first-order valence-corrected chi connectivity index (χ1v) is 4.31. The smallest absolute Gasteiger partial charge is 0.387 e. The highest BCUT2D eigenvalue weighted by molar-refractivity contribution is 6.17. The van der Waals surface area contributed by atoms with Crippen molar-refractivity contribution in [2.75, 3.05) is 5.43 Å². The van der Waals surface area contributed by atoms with Crippen LogP contribution in [0.1, 0.15) is 5.56 Å². The number of hydrogen-bond acceptors (Lipinski definition) is 3. The first kappa shape index (κ1) is 11.0. The molecule has 0 saturated heterocycles. The summed E-state index contributed by atoms with van der Waals surface area (Å²) in [6.45, 7) is -2.84. The van der Waals surface area contributed by atoms with Crippen LogP contribution in [0.15, 0.2) is 18.2 Å². The van der Waals surface area contributed by atoms with Crippen molar-refractivity contribution in [3.63, 3.8) is 0 Å². The van der Waals surface area contributed by atoms with Gasteiger partial charge in [-0.05, 0) is 11.6 Å². The summed E-state index contributed by atoms with van der Waals surface area (Å²) in [5.41, 5.74) is 3.54. The minimum absolute atomic E-state index is 0.0433. The molecule has 0 aliphatic rings. The van der Waals surface area contributed by atoms with Gasteiger partial charge in [-0.3, -0.25) is 5.84 Å². The van der Waals surface area contributed by atoms with Crippen LogP contribution >= 0.6 is 11.6 Å². The molecule has 1 aromatic carbocycles. The predicted molar refractivity (Wildman–Crippen MR) is 50.4 cm³/mol. The van der Waals surface area contributed by atoms with Crippen molar-refractivity contribution in [1.29, 1.82) is 0 Å². The Morgan fingerprint density at radius 1 is 1.50 bits per heavy atom. The van der Waals surface area contributed by atoms with Gasteiger partial charge in [0.15, 0.2) is 0 Å². The van der Waals surface area contributed by atoms with Crippen LogP contribution < -0.4 is 16.0 Å². The van der Waals surface area contributed by atoms with Gasteiger partial charge in [-0.25, -0.2) is 0 Å². The number of nitrogens with one attached hydrogen (secondary N) is 1. The Morgan fingerprint density at radius 2 is 2.21 bits per heavy atom. The van der Waals surface area contributed by atoms with Gasteiger partial charge in [0.1, 0.15) is 5.75 Å². The molecule has 0 aliphatic carbocycles. The number of nitrogens with two attached hydrogens (primary N) is 1. The molecule has 1 aromatic rings. The van der Waals surface area contributed by atoms with E-state index in [0.717, 1.165) is 5.56 Å². The number of hydrazine groups is 1. The zero-order valence-corrected chi connectivity index (χ0v) is 7.89. The molecule has 0 radical (unpaired) electrons. The maximum absolute atomic E-state index is 11.8. The summed E-state index contributed by atoms with van der Waals surface area (Å²) >= 11 is 5.58. The van der Waals surface area contributed by atoms with Crippen molar-refractivity contribution in [2.24, 2.45) is 5.84 Å². The van der Waals surface area contributed by atoms with Gasteiger partial charge in [-0.15, -0.1) is 11.6 Å². The summed E-state index contributed by atoms with van der Waals surface area (Å²) < 4.78 is 27.9. The van der Waals surface area contributed by atoms with Crippen LogP contribution in [-0.4, -0.2) is 6.61 Å². The molecule has 0 saturated carbocycles. The fourth-order valence-electron chi connectivity index (χ4n) is 0.983. The molecule has 0 amide bonds. The molecule has 0 unspecified atom stereocenters. The average molecular weight is 223 g/mol. The number of nitrogen functional groups attached to an aromatic ring is 1. The van der Waals surface area contributed by atoms with Crippen molar-refractivity contribution in [3.05, 3.63) is 23.8 Å². The molecule has 14 heavy (non-hydrogen) atoms. The molecule has 0 bridgehead atoms. The van der Waals surface area contributed by atoms with Crippen LogP contribution in [0.25, 0.3) is 0 Å². The molecule has 0 spiro atoms. The number of anilines is 1. The monoisotopic (exact) mass is 222 g/mol. The Hall–Kier alpha value is -1.07. The highest BCUT2D eigenvalue weighted by Gasteiger charge is 2.07. The van der Waals surface area contributed by atoms with E-state index in [1.54, 1.807) is 6.07 Å². The maximum atomic E-state index is 11.8. The maximum Gasteiger partial charge on any atom is 0.387 e. The first-order valence-electron chi connectivity index (χ1n) is 3.77. The lowest BCUT2D eigenvalue weighted by molar-refractivity contribution is -0.0498. The fraction of sp³-hybridized carbons (Fsp3) is 0.250. The van der Waals surface area contributed by atoms with E-state index in [0.29, 0.717) is 5.69 Å². The lowest BCUT2D eigenvalue weighted by atomic mass is 10.2. The van der Waals surface area contributed by atoms with Crippen LogP contribution in [0.3, 0.4) is 0 Å². The van der Waals surface area contributed by atoms with E-state index in [9.17, 15) is 8.78 Å². The highest BCUT2D eigenvalue weighted by atomic mass is 35.5. The van der Waals surface area contributed by atoms with E-state index in [-0.39, 0.29) is 11.6 Å². The summed E-state index contributed by atoms with van der Waals surface area (Å²) in [7, 11) is 0. The Bertz CT molecular complexity index is 309. The standard InChI is InChI=1S/C8H9ClF2N2O/c9-4-5-1-2-6(14-8(10)11)3-7(5)13-12/h1-3,8,13H,4,12H2. The number of halogens is 3. The lowest BCUT2D eigenvalue weighted by Gasteiger charge is -2.09. The number of hydrogen-bond donors (Lipinski definition) is 2. The number of ether oxygens (including phenoxy) is 1. The Balaban J connectivity index is 2.89. The van der Waals surface area contributed by atoms with Crippen LogP contribution in [0.5, 0.6) is 5.75 Å². The Kier molecular flexibility index (Phi) is 3.91. The SMILES string of the molecule is NNc1cc(OC(F)F)ccc1CCl. The lowest BCUT2D eigenvalue weighted by Crippen LogP contribution is -2.09. The molecular weight excluding hydrogens is 214 g/mol. The molecule has 3 N–H and O–H groups in total. The molecule has 3 nitrogen and oxygen atoms in total. The number of alkyl halides is 3. The van der Waals surface area contributed by atoms with Crippen LogP contribution in [0, 0.1) is 0 Å². The molecule has 6 heteroatoms. The molecule has 0 heterocycles. The van der Waals surface area contributed by atoms with Crippen molar-refractivity contribution in [2.45, 2.75) is 12.5 Å². The average Bonchev–Trinajstić information content (AvgIpc) is 2.16. The van der Waals surface area contributed by atoms with E-state index in [1.807, 2.05) is 0 Å². The van der Waals surface area contributed by atoms with Gasteiger partial charge in [0.25, 0.3) is 0 Å². The van der Waals surface area contributed by atoms with Crippen molar-refractivity contribution in [3.8, 4) is 5.75 Å². The quantitative estimate of drug-likeness (QED) is 0.467. The number of benzene rings is 1. The molecule has 78 valence electrons. The second-order valence-corrected chi connectivity index (χ2v) is 2.74. The van der Waals surface area contributed by atoms with Crippen molar-refractivity contribution in [1.82, 2.24) is 0 Å². The van der Waals surface area contributed by atoms with Crippen molar-refractivity contribution < 1.29 is 13.5 Å². The third-order valence-electron chi connectivity index (χ3n) is 1.61. The van der Waals surface area contributed by atoms with E-state index >= 15 is 0 Å². The topological polar surface area (TPSA) is 47.3 Å². The molecule has 0 atom stereocenters. The molecule has 1 rings (SSSR count). The summed E-state index contributed by atoms with van der Waals surface area (Å²) in [5, 5.41) is 0. The van der Waals surface area contributed by atoms with Gasteiger partial charge >= 0.3 is 6.61 Å². The van der Waals surface area contributed by atoms with Gasteiger partial charge in [-0.1, -0.05) is 6.07 Å². The van der Waals surface area contributed by atoms with Crippen LogP contribution in [-0.2, 0) is 5.88 Å². The van der Waals surface area contributed by atoms with Crippen LogP contribution in [0.4, 0.5) is 14.5 Å². The molecular formula is C8H9ClF2N2O. The summed E-state index contributed by atoms with van der Waals surface area (Å²) in [4.78, 5) is 0. The Morgan fingerprint density at radius 3 is 2.71 bits per heavy atom. The van der Waals surface area contributed by atoms with E-state index < -0.39 is 6.61 Å². The van der Waals surface area contributed by atoms with Gasteiger partial charge in [0, 0.05) is 11.9 Å². The van der Waals surface area contributed by atoms with E-state index in [1.165, 1.54) is 12.1 Å². The normalized spacial score (nSPS) is 10.4. The number of rotatable bonds is 4. The second kappa shape index (κ2) is 4.97. The third kappa shape index (κ3) is 2.71. The zero-order chi connectivity index (χ0) is 10.6. The van der Waals surface area contributed by atoms with Gasteiger partial charge in [0.05, 0.1) is 5.69 Å². The largest absolute Gasteiger partial charge is 0.435 e. The predicted octanol–water partition coefficient (Wildman–Crippen LogP) is 2.31. The highest BCUT2D eigenvalue weighted by Crippen LogP contribution is 2.24. The minimum atomic E-state index is -2.84. The van der Waals surface area contributed by atoms with E-state index in [4.69, 9.17) is 17.4 Å². The molecule has 0 aromatic heterocycles. The zero-order valence-electron chi connectivity index (χ0n) is 7.14. The molecule has 0 aliphatic heterocycles. The summed E-state index contributed by atoms with van der Waals surface area (Å²) in [6.07, 6.45) is 0. The fourth-order valence-corrected chi connectivity index (χ4v) is 1.22. The second-order valence-electron chi connectivity index (χ2n) is 2.48. The summed E-state index contributed by atoms with van der Waals surface area (Å²) in [6, 6.07) is 4.34. The minimum Gasteiger partial charge on any atom is -0.435 e. The van der Waals surface area contributed by atoms with Gasteiger partial charge < -0.3 is 10.2 Å².